The highest BCUT2D eigenvalue weighted by atomic mass is 16.6. The van der Waals surface area contributed by atoms with Crippen molar-refractivity contribution in [3.8, 4) is 11.5 Å². The molecule has 10 nitrogen and oxygen atoms in total. The Morgan fingerprint density at radius 3 is 1.10 bits per heavy atom. The van der Waals surface area contributed by atoms with E-state index in [4.69, 9.17) is 9.47 Å². The molecule has 6 aromatic carbocycles. The van der Waals surface area contributed by atoms with Gasteiger partial charge >= 0.3 is 11.4 Å². The molecule has 6 aromatic rings. The van der Waals surface area contributed by atoms with Crippen LogP contribution in [0.1, 0.15) is 59.1 Å². The molecular weight excluding hydrogens is 753 g/mol. The average molecular weight is 807 g/mol. The molecule has 0 radical (unpaired) electrons. The summed E-state index contributed by atoms with van der Waals surface area (Å²) in [7, 11) is 0. The molecule has 0 spiro atoms. The van der Waals surface area contributed by atoms with Gasteiger partial charge in [0.2, 0.25) is 0 Å². The van der Waals surface area contributed by atoms with Crippen molar-refractivity contribution in [3.63, 3.8) is 0 Å². The standard InChI is InChI=1S/C50H54N4O6/c55-53(56)47-35-41(25-27-49(47)59-39-45-21-11-5-12-22-45)29-33-51(37-43-17-7-3-8-18-43)31-15-1-2-16-32-52(38-44-19-9-4-10-20-44)34-30-42-26-28-50(48(36-42)54(57)58)60-40-46-23-13-6-14-24-46/h3-14,17-28,35-36H,1-2,15-16,29-34,37-40H2. The Labute approximate surface area is 353 Å². The van der Waals surface area contributed by atoms with Crippen LogP contribution < -0.4 is 9.47 Å². The molecule has 0 N–H and O–H groups in total. The second-order valence-corrected chi connectivity index (χ2v) is 15.1. The summed E-state index contributed by atoms with van der Waals surface area (Å²) in [5.41, 5.74) is 6.18. The van der Waals surface area contributed by atoms with Crippen LogP contribution in [0, 0.1) is 20.2 Å². The SMILES string of the molecule is O=[N+]([O-])c1cc(CCN(CCCCCCN(CCc2ccc(OCc3ccccc3)c([N+](=O)[O-])c2)Cc2ccccc2)Cc2ccccc2)ccc1OCc1ccccc1. The van der Waals surface area contributed by atoms with Crippen LogP contribution in [-0.4, -0.2) is 45.8 Å². The van der Waals surface area contributed by atoms with E-state index >= 15 is 0 Å². The fraction of sp³-hybridized carbons (Fsp3) is 0.280. The summed E-state index contributed by atoms with van der Waals surface area (Å²) in [5.74, 6) is 0.554. The molecular formula is C50H54N4O6. The lowest BCUT2D eigenvalue weighted by atomic mass is 10.1. The number of hydrogen-bond acceptors (Lipinski definition) is 8. The number of nitrogens with zero attached hydrogens (tertiary/aromatic N) is 4. The lowest BCUT2D eigenvalue weighted by molar-refractivity contribution is -0.386. The minimum absolute atomic E-state index is 0.0114. The van der Waals surface area contributed by atoms with E-state index < -0.39 is 0 Å². The summed E-state index contributed by atoms with van der Waals surface area (Å²) in [6.07, 6.45) is 5.63. The zero-order valence-electron chi connectivity index (χ0n) is 34.1. The molecule has 0 amide bonds. The number of ether oxygens (including phenoxy) is 2. The van der Waals surface area contributed by atoms with Crippen molar-refractivity contribution in [1.29, 1.82) is 0 Å². The van der Waals surface area contributed by atoms with E-state index in [-0.39, 0.29) is 45.9 Å². The zero-order chi connectivity index (χ0) is 41.8. The number of hydrogen-bond donors (Lipinski definition) is 0. The first-order valence-corrected chi connectivity index (χ1v) is 20.8. The molecule has 0 heterocycles. The van der Waals surface area contributed by atoms with Gasteiger partial charge in [-0.2, -0.15) is 0 Å². The lowest BCUT2D eigenvalue weighted by Crippen LogP contribution is -2.27. The van der Waals surface area contributed by atoms with Gasteiger partial charge in [-0.05, 0) is 84.3 Å². The largest absolute Gasteiger partial charge is 0.482 e. The smallest absolute Gasteiger partial charge is 0.311 e. The monoisotopic (exact) mass is 806 g/mol. The summed E-state index contributed by atoms with van der Waals surface area (Å²) in [6, 6.07) is 50.8. The third kappa shape index (κ3) is 14.2. The van der Waals surface area contributed by atoms with Gasteiger partial charge in [-0.25, -0.2) is 0 Å². The van der Waals surface area contributed by atoms with Crippen LogP contribution >= 0.6 is 0 Å². The van der Waals surface area contributed by atoms with Crippen LogP contribution in [0.25, 0.3) is 0 Å². The maximum atomic E-state index is 12.0. The van der Waals surface area contributed by atoms with E-state index in [2.05, 4.69) is 58.3 Å². The third-order valence-electron chi connectivity index (χ3n) is 10.5. The van der Waals surface area contributed by atoms with Crippen LogP contribution in [0.5, 0.6) is 11.5 Å². The van der Waals surface area contributed by atoms with Gasteiger partial charge in [0.25, 0.3) is 0 Å². The van der Waals surface area contributed by atoms with Crippen LogP contribution in [-0.2, 0) is 39.1 Å². The Bertz CT molecular complexity index is 2050. The van der Waals surface area contributed by atoms with Crippen molar-refractivity contribution in [2.24, 2.45) is 0 Å². The highest BCUT2D eigenvalue weighted by Gasteiger charge is 2.19. The molecule has 0 bridgehead atoms. The van der Waals surface area contributed by atoms with Crippen molar-refractivity contribution in [2.75, 3.05) is 26.2 Å². The normalized spacial score (nSPS) is 11.2. The fourth-order valence-electron chi connectivity index (χ4n) is 7.26. The summed E-state index contributed by atoms with van der Waals surface area (Å²) in [4.78, 5) is 28.2. The van der Waals surface area contributed by atoms with Gasteiger partial charge < -0.3 is 9.47 Å². The molecule has 0 aliphatic rings. The average Bonchev–Trinajstić information content (AvgIpc) is 3.28. The lowest BCUT2D eigenvalue weighted by Gasteiger charge is -2.24. The van der Waals surface area contributed by atoms with Gasteiger partial charge in [0, 0.05) is 38.3 Å². The molecule has 10 heteroatoms. The highest BCUT2D eigenvalue weighted by molar-refractivity contribution is 5.50. The highest BCUT2D eigenvalue weighted by Crippen LogP contribution is 2.30. The van der Waals surface area contributed by atoms with Gasteiger partial charge in [0.1, 0.15) is 13.2 Å². The Hall–Kier alpha value is -6.36. The van der Waals surface area contributed by atoms with E-state index in [1.165, 1.54) is 11.1 Å². The summed E-state index contributed by atoms with van der Waals surface area (Å²) >= 11 is 0. The van der Waals surface area contributed by atoms with Crippen LogP contribution in [0.4, 0.5) is 11.4 Å². The number of rotatable bonds is 25. The topological polar surface area (TPSA) is 111 Å². The van der Waals surface area contributed by atoms with Crippen LogP contribution in [0.3, 0.4) is 0 Å². The molecule has 310 valence electrons. The van der Waals surface area contributed by atoms with Crippen molar-refractivity contribution >= 4 is 11.4 Å². The third-order valence-corrected chi connectivity index (χ3v) is 10.5. The molecule has 0 saturated heterocycles. The molecule has 0 saturated carbocycles. The van der Waals surface area contributed by atoms with Crippen molar-refractivity contribution in [1.82, 2.24) is 9.80 Å². The van der Waals surface area contributed by atoms with Crippen LogP contribution in [0.15, 0.2) is 158 Å². The first-order valence-electron chi connectivity index (χ1n) is 20.8. The Morgan fingerprint density at radius 2 is 0.750 bits per heavy atom. The molecule has 60 heavy (non-hydrogen) atoms. The summed E-state index contributed by atoms with van der Waals surface area (Å²) < 4.78 is 11.7. The zero-order valence-corrected chi connectivity index (χ0v) is 34.1. The van der Waals surface area contributed by atoms with E-state index in [1.54, 1.807) is 24.3 Å². The molecule has 0 aromatic heterocycles. The van der Waals surface area contributed by atoms with Gasteiger partial charge in [-0.15, -0.1) is 0 Å². The van der Waals surface area contributed by atoms with Crippen molar-refractivity contribution < 1.29 is 19.3 Å². The van der Waals surface area contributed by atoms with E-state index in [1.807, 2.05) is 84.9 Å². The number of unbranched alkanes of at least 4 members (excludes halogenated alkanes) is 3. The maximum Gasteiger partial charge on any atom is 0.311 e. The first-order chi connectivity index (χ1) is 29.4. The Balaban J connectivity index is 1.00. The maximum absolute atomic E-state index is 12.0. The molecule has 0 aliphatic carbocycles. The number of benzene rings is 6. The minimum atomic E-state index is -0.362. The predicted molar refractivity (Wildman–Crippen MR) is 237 cm³/mol. The number of nitro benzene ring substituents is 2. The molecule has 6 rings (SSSR count). The molecule has 0 atom stereocenters. The minimum Gasteiger partial charge on any atom is -0.482 e. The fourth-order valence-corrected chi connectivity index (χ4v) is 7.26. The summed E-state index contributed by atoms with van der Waals surface area (Å²) in [5, 5.41) is 24.0. The quantitative estimate of drug-likeness (QED) is 0.0319. The van der Waals surface area contributed by atoms with E-state index in [0.29, 0.717) is 12.8 Å². The molecule has 0 fully saturated rings. The van der Waals surface area contributed by atoms with Crippen molar-refractivity contribution in [2.45, 2.75) is 64.8 Å². The van der Waals surface area contributed by atoms with Crippen LogP contribution in [0.2, 0.25) is 0 Å². The second-order valence-electron chi connectivity index (χ2n) is 15.1. The second kappa shape index (κ2) is 23.3. The Morgan fingerprint density at radius 1 is 0.400 bits per heavy atom. The van der Waals surface area contributed by atoms with Gasteiger partial charge in [-0.3, -0.25) is 30.0 Å². The van der Waals surface area contributed by atoms with Gasteiger partial charge in [0.15, 0.2) is 11.5 Å². The Kier molecular flexibility index (Phi) is 16.8. The van der Waals surface area contributed by atoms with E-state index in [0.717, 1.165) is 87.2 Å². The first kappa shape index (κ1) is 43.2. The van der Waals surface area contributed by atoms with Gasteiger partial charge in [-0.1, -0.05) is 146 Å². The van der Waals surface area contributed by atoms with Gasteiger partial charge in [0.05, 0.1) is 9.85 Å². The van der Waals surface area contributed by atoms with Crippen molar-refractivity contribution in [3.05, 3.63) is 211 Å². The summed E-state index contributed by atoms with van der Waals surface area (Å²) in [6.45, 7) is 5.56. The van der Waals surface area contributed by atoms with E-state index in [9.17, 15) is 20.2 Å². The predicted octanol–water partition coefficient (Wildman–Crippen LogP) is 11.0. The number of nitro groups is 2. The molecule has 0 aliphatic heterocycles. The molecule has 0 unspecified atom stereocenters.